The van der Waals surface area contributed by atoms with Crippen molar-refractivity contribution in [2.75, 3.05) is 17.7 Å². The van der Waals surface area contributed by atoms with Crippen LogP contribution in [0.1, 0.15) is 12.5 Å². The highest BCUT2D eigenvalue weighted by molar-refractivity contribution is 5.92. The molecule has 0 fully saturated rings. The number of rotatable bonds is 5. The van der Waals surface area contributed by atoms with Crippen LogP contribution in [0.2, 0.25) is 0 Å². The largest absolute Gasteiger partial charge is 0.481 e. The highest BCUT2D eigenvalue weighted by Gasteiger charge is 2.05. The Balaban J connectivity index is 1.92. The Bertz CT molecular complexity index is 651. The zero-order chi connectivity index (χ0) is 15.9. The minimum atomic E-state index is -0.140. The zero-order valence-corrected chi connectivity index (χ0v) is 12.4. The number of amides is 2. The molecule has 2 N–H and O–H groups in total. The van der Waals surface area contributed by atoms with Crippen molar-refractivity contribution >= 4 is 23.2 Å². The Hall–Kier alpha value is -2.89. The van der Waals surface area contributed by atoms with E-state index in [1.165, 1.54) is 20.2 Å². The van der Waals surface area contributed by atoms with Crippen LogP contribution in [0.3, 0.4) is 0 Å². The maximum atomic E-state index is 12.0. The Morgan fingerprint density at radius 1 is 1.05 bits per heavy atom. The van der Waals surface area contributed by atoms with Crippen molar-refractivity contribution < 1.29 is 14.3 Å². The van der Waals surface area contributed by atoms with E-state index in [1.807, 2.05) is 0 Å². The van der Waals surface area contributed by atoms with Crippen LogP contribution in [-0.2, 0) is 16.0 Å². The van der Waals surface area contributed by atoms with Crippen molar-refractivity contribution in [3.05, 3.63) is 48.2 Å². The lowest BCUT2D eigenvalue weighted by Crippen LogP contribution is -2.14. The van der Waals surface area contributed by atoms with Crippen LogP contribution in [0.15, 0.2) is 42.6 Å². The van der Waals surface area contributed by atoms with Crippen LogP contribution in [0.4, 0.5) is 11.4 Å². The summed E-state index contributed by atoms with van der Waals surface area (Å²) in [4.78, 5) is 26.9. The molecule has 0 bridgehead atoms. The first-order chi connectivity index (χ1) is 10.6. The number of hydrogen-bond acceptors (Lipinski definition) is 4. The number of methoxy groups -OCH3 is 1. The van der Waals surface area contributed by atoms with Gasteiger partial charge in [0.2, 0.25) is 17.7 Å². The molecule has 0 aliphatic carbocycles. The van der Waals surface area contributed by atoms with Crippen molar-refractivity contribution in [3.8, 4) is 5.88 Å². The van der Waals surface area contributed by atoms with Gasteiger partial charge in [-0.15, -0.1) is 0 Å². The predicted octanol–water partition coefficient (Wildman–Crippen LogP) is 2.23. The maximum Gasteiger partial charge on any atom is 0.228 e. The molecule has 22 heavy (non-hydrogen) atoms. The Morgan fingerprint density at radius 3 is 2.27 bits per heavy atom. The molecule has 1 aromatic heterocycles. The predicted molar refractivity (Wildman–Crippen MR) is 83.9 cm³/mol. The van der Waals surface area contributed by atoms with Crippen molar-refractivity contribution in [2.45, 2.75) is 13.3 Å². The van der Waals surface area contributed by atoms with Gasteiger partial charge in [-0.05, 0) is 23.8 Å². The number of pyridine rings is 1. The highest BCUT2D eigenvalue weighted by Crippen LogP contribution is 2.13. The second-order valence-electron chi connectivity index (χ2n) is 4.69. The van der Waals surface area contributed by atoms with Gasteiger partial charge in [-0.1, -0.05) is 12.1 Å². The smallest absolute Gasteiger partial charge is 0.228 e. The van der Waals surface area contributed by atoms with Crippen molar-refractivity contribution in [1.82, 2.24) is 4.98 Å². The maximum absolute atomic E-state index is 12.0. The van der Waals surface area contributed by atoms with E-state index in [2.05, 4.69) is 15.6 Å². The fourth-order valence-electron chi connectivity index (χ4n) is 1.87. The molecule has 114 valence electrons. The van der Waals surface area contributed by atoms with Crippen LogP contribution in [0.25, 0.3) is 0 Å². The Labute approximate surface area is 128 Å². The van der Waals surface area contributed by atoms with Crippen molar-refractivity contribution in [1.29, 1.82) is 0 Å². The first-order valence-electron chi connectivity index (χ1n) is 6.73. The molecule has 0 aliphatic rings. The van der Waals surface area contributed by atoms with Gasteiger partial charge in [-0.25, -0.2) is 4.98 Å². The molecule has 6 nitrogen and oxygen atoms in total. The first kappa shape index (κ1) is 15.5. The minimum absolute atomic E-state index is 0.127. The van der Waals surface area contributed by atoms with Crippen LogP contribution >= 0.6 is 0 Å². The van der Waals surface area contributed by atoms with Gasteiger partial charge in [0.05, 0.1) is 25.4 Å². The third-order valence-electron chi connectivity index (χ3n) is 2.87. The monoisotopic (exact) mass is 299 g/mol. The molecule has 0 aliphatic heterocycles. The lowest BCUT2D eigenvalue weighted by Gasteiger charge is -2.07. The summed E-state index contributed by atoms with van der Waals surface area (Å²) >= 11 is 0. The molecule has 0 atom stereocenters. The quantitative estimate of drug-likeness (QED) is 0.887. The number of nitrogens with one attached hydrogen (secondary N) is 2. The standard InChI is InChI=1S/C16H17N3O3/c1-11(20)18-13-5-3-12(4-6-13)9-15(21)19-14-7-8-16(22-2)17-10-14/h3-8,10H,9H2,1-2H3,(H,18,20)(H,19,21). The van der Waals surface area contributed by atoms with Gasteiger partial charge >= 0.3 is 0 Å². The van der Waals surface area contributed by atoms with Gasteiger partial charge in [0.1, 0.15) is 0 Å². The topological polar surface area (TPSA) is 80.3 Å². The molecule has 2 aromatic rings. The number of ether oxygens (including phenoxy) is 1. The number of nitrogens with zero attached hydrogens (tertiary/aromatic N) is 1. The van der Waals surface area contributed by atoms with E-state index in [0.29, 0.717) is 17.3 Å². The van der Waals surface area contributed by atoms with E-state index in [-0.39, 0.29) is 18.2 Å². The summed E-state index contributed by atoms with van der Waals surface area (Å²) in [5, 5.41) is 5.44. The number of benzene rings is 1. The van der Waals surface area contributed by atoms with Gasteiger partial charge in [-0.2, -0.15) is 0 Å². The summed E-state index contributed by atoms with van der Waals surface area (Å²) < 4.78 is 4.95. The van der Waals surface area contributed by atoms with Crippen LogP contribution in [-0.4, -0.2) is 23.9 Å². The van der Waals surface area contributed by atoms with Gasteiger partial charge in [0, 0.05) is 18.7 Å². The highest BCUT2D eigenvalue weighted by atomic mass is 16.5. The second kappa shape index (κ2) is 7.21. The summed E-state index contributed by atoms with van der Waals surface area (Å²) in [5.74, 6) is 0.225. The second-order valence-corrected chi connectivity index (χ2v) is 4.69. The number of hydrogen-bond donors (Lipinski definition) is 2. The molecule has 6 heteroatoms. The molecule has 2 amide bonds. The third kappa shape index (κ3) is 4.59. The van der Waals surface area contributed by atoms with Gasteiger partial charge in [-0.3, -0.25) is 9.59 Å². The van der Waals surface area contributed by atoms with Gasteiger partial charge in [0.15, 0.2) is 0 Å². The average molecular weight is 299 g/mol. The van der Waals surface area contributed by atoms with Crippen molar-refractivity contribution in [3.63, 3.8) is 0 Å². The molecule has 1 aromatic carbocycles. The molecule has 0 unspecified atom stereocenters. The van der Waals surface area contributed by atoms with E-state index >= 15 is 0 Å². The number of anilines is 2. The number of carbonyl (C=O) groups excluding carboxylic acids is 2. The number of carbonyl (C=O) groups is 2. The van der Waals surface area contributed by atoms with Crippen LogP contribution < -0.4 is 15.4 Å². The molecule has 0 saturated heterocycles. The third-order valence-corrected chi connectivity index (χ3v) is 2.87. The van der Waals surface area contributed by atoms with Crippen molar-refractivity contribution in [2.24, 2.45) is 0 Å². The molecule has 0 radical (unpaired) electrons. The summed E-state index contributed by atoms with van der Waals surface area (Å²) in [6.45, 7) is 1.45. The average Bonchev–Trinajstić information content (AvgIpc) is 2.49. The van der Waals surface area contributed by atoms with Gasteiger partial charge in [0.25, 0.3) is 0 Å². The first-order valence-corrected chi connectivity index (χ1v) is 6.73. The fraction of sp³-hybridized carbons (Fsp3) is 0.188. The Kier molecular flexibility index (Phi) is 5.08. The molecule has 2 rings (SSSR count). The Morgan fingerprint density at radius 2 is 1.73 bits per heavy atom. The van der Waals surface area contributed by atoms with E-state index in [0.717, 1.165) is 5.56 Å². The van der Waals surface area contributed by atoms with E-state index < -0.39 is 0 Å². The molecular weight excluding hydrogens is 282 g/mol. The lowest BCUT2D eigenvalue weighted by molar-refractivity contribution is -0.116. The zero-order valence-electron chi connectivity index (χ0n) is 12.4. The number of aromatic nitrogens is 1. The SMILES string of the molecule is COc1ccc(NC(=O)Cc2ccc(NC(C)=O)cc2)cn1. The van der Waals surface area contributed by atoms with Crippen LogP contribution in [0, 0.1) is 0 Å². The van der Waals surface area contributed by atoms with E-state index in [4.69, 9.17) is 4.74 Å². The summed E-state index contributed by atoms with van der Waals surface area (Å²) in [7, 11) is 1.53. The normalized spacial score (nSPS) is 9.91. The minimum Gasteiger partial charge on any atom is -0.481 e. The molecule has 0 saturated carbocycles. The van der Waals surface area contributed by atoms with E-state index in [1.54, 1.807) is 36.4 Å². The molecule has 1 heterocycles. The fourth-order valence-corrected chi connectivity index (χ4v) is 1.87. The van der Waals surface area contributed by atoms with Crippen LogP contribution in [0.5, 0.6) is 5.88 Å². The summed E-state index contributed by atoms with van der Waals surface area (Å²) in [6, 6.07) is 10.5. The molecule has 0 spiro atoms. The molecular formula is C16H17N3O3. The summed E-state index contributed by atoms with van der Waals surface area (Å²) in [5.41, 5.74) is 2.17. The van der Waals surface area contributed by atoms with E-state index in [9.17, 15) is 9.59 Å². The van der Waals surface area contributed by atoms with Gasteiger partial charge < -0.3 is 15.4 Å². The lowest BCUT2D eigenvalue weighted by atomic mass is 10.1. The summed E-state index contributed by atoms with van der Waals surface area (Å²) in [6.07, 6.45) is 1.78.